The van der Waals surface area contributed by atoms with Gasteiger partial charge in [-0.3, -0.25) is 5.43 Å². The minimum absolute atomic E-state index is 0.122. The molecule has 1 unspecified atom stereocenters. The van der Waals surface area contributed by atoms with Gasteiger partial charge in [-0.1, -0.05) is 18.2 Å². The highest BCUT2D eigenvalue weighted by atomic mass is 16.5. The monoisotopic (exact) mass is 370 g/mol. The number of benzene rings is 1. The molecule has 1 atom stereocenters. The average Bonchev–Trinajstić information content (AvgIpc) is 3.07. The number of anilines is 1. The molecule has 2 heterocycles. The summed E-state index contributed by atoms with van der Waals surface area (Å²) in [7, 11) is 0. The SMILES string of the molecule is CC(C)(Cc1c[nH]c2ccccc12)NCC(O)COc1ccnc(NN)n1. The summed E-state index contributed by atoms with van der Waals surface area (Å²) in [6, 6.07) is 9.86. The number of para-hydroxylation sites is 1. The molecule has 27 heavy (non-hydrogen) atoms. The largest absolute Gasteiger partial charge is 0.475 e. The molecule has 0 aliphatic carbocycles. The van der Waals surface area contributed by atoms with Gasteiger partial charge in [-0.05, 0) is 31.9 Å². The molecule has 8 heteroatoms. The van der Waals surface area contributed by atoms with Gasteiger partial charge in [0.15, 0.2) is 0 Å². The maximum absolute atomic E-state index is 10.2. The van der Waals surface area contributed by atoms with E-state index in [1.54, 1.807) is 6.07 Å². The Kier molecular flexibility index (Phi) is 5.90. The Bertz CT molecular complexity index is 879. The van der Waals surface area contributed by atoms with Crippen LogP contribution in [0.1, 0.15) is 19.4 Å². The number of hydrogen-bond acceptors (Lipinski definition) is 7. The number of aromatic amines is 1. The third-order valence-corrected chi connectivity index (χ3v) is 4.31. The van der Waals surface area contributed by atoms with E-state index in [1.807, 2.05) is 18.3 Å². The van der Waals surface area contributed by atoms with Crippen LogP contribution in [0.5, 0.6) is 5.88 Å². The molecule has 0 radical (unpaired) electrons. The van der Waals surface area contributed by atoms with Crippen molar-refractivity contribution < 1.29 is 9.84 Å². The molecule has 0 aliphatic heterocycles. The minimum atomic E-state index is -0.670. The van der Waals surface area contributed by atoms with Crippen LogP contribution in [0.4, 0.5) is 5.95 Å². The number of rotatable bonds is 9. The van der Waals surface area contributed by atoms with Crippen LogP contribution in [0, 0.1) is 0 Å². The normalized spacial score (nSPS) is 12.9. The van der Waals surface area contributed by atoms with Crippen molar-refractivity contribution in [3.8, 4) is 5.88 Å². The summed E-state index contributed by atoms with van der Waals surface area (Å²) in [5.41, 5.74) is 4.55. The van der Waals surface area contributed by atoms with Crippen molar-refractivity contribution >= 4 is 16.9 Å². The molecule has 0 fully saturated rings. The first-order chi connectivity index (χ1) is 13.0. The lowest BCUT2D eigenvalue weighted by molar-refractivity contribution is 0.0966. The lowest BCUT2D eigenvalue weighted by Crippen LogP contribution is -2.46. The number of β-amino-alcohol motifs (C(OH)–C–C–N with tert-alkyl or cyclic N) is 1. The second kappa shape index (κ2) is 8.34. The lowest BCUT2D eigenvalue weighted by Gasteiger charge is -2.27. The smallest absolute Gasteiger partial charge is 0.240 e. The van der Waals surface area contributed by atoms with E-state index in [-0.39, 0.29) is 18.1 Å². The third kappa shape index (κ3) is 5.16. The predicted octanol–water partition coefficient (Wildman–Crippen LogP) is 1.59. The Labute approximate surface area is 158 Å². The van der Waals surface area contributed by atoms with Gasteiger partial charge in [0.2, 0.25) is 11.8 Å². The van der Waals surface area contributed by atoms with Crippen molar-refractivity contribution in [1.82, 2.24) is 20.3 Å². The highest BCUT2D eigenvalue weighted by Gasteiger charge is 2.21. The summed E-state index contributed by atoms with van der Waals surface area (Å²) in [6.07, 6.45) is 3.75. The molecule has 0 amide bonds. The number of nitrogens with two attached hydrogens (primary N) is 1. The Morgan fingerprint density at radius 2 is 2.11 bits per heavy atom. The van der Waals surface area contributed by atoms with Crippen LogP contribution in [0.2, 0.25) is 0 Å². The molecule has 2 aromatic heterocycles. The van der Waals surface area contributed by atoms with Crippen LogP contribution >= 0.6 is 0 Å². The Hall–Kier alpha value is -2.68. The topological polar surface area (TPSA) is 121 Å². The molecule has 0 bridgehead atoms. The van der Waals surface area contributed by atoms with E-state index in [4.69, 9.17) is 10.6 Å². The number of fused-ring (bicyclic) bond motifs is 1. The van der Waals surface area contributed by atoms with Gasteiger partial charge in [-0.25, -0.2) is 10.8 Å². The molecular weight excluding hydrogens is 344 g/mol. The van der Waals surface area contributed by atoms with Crippen LogP contribution in [0.3, 0.4) is 0 Å². The summed E-state index contributed by atoms with van der Waals surface area (Å²) >= 11 is 0. The summed E-state index contributed by atoms with van der Waals surface area (Å²) < 4.78 is 5.50. The number of aliphatic hydroxyl groups is 1. The molecule has 144 valence electrons. The molecule has 6 N–H and O–H groups in total. The van der Waals surface area contributed by atoms with Gasteiger partial charge in [-0.2, -0.15) is 4.98 Å². The fourth-order valence-electron chi connectivity index (χ4n) is 2.94. The highest BCUT2D eigenvalue weighted by molar-refractivity contribution is 5.83. The van der Waals surface area contributed by atoms with E-state index < -0.39 is 6.10 Å². The Balaban J connectivity index is 1.50. The van der Waals surface area contributed by atoms with E-state index in [9.17, 15) is 5.11 Å². The quantitative estimate of drug-likeness (QED) is 0.286. The van der Waals surface area contributed by atoms with Gasteiger partial charge in [-0.15, -0.1) is 0 Å². The van der Waals surface area contributed by atoms with Gasteiger partial charge in [0.1, 0.15) is 12.7 Å². The summed E-state index contributed by atoms with van der Waals surface area (Å²) in [5, 5.41) is 14.9. The van der Waals surface area contributed by atoms with Crippen molar-refractivity contribution in [2.24, 2.45) is 5.84 Å². The van der Waals surface area contributed by atoms with E-state index in [0.717, 1.165) is 11.9 Å². The standard InChI is InChI=1S/C19H26N6O2/c1-19(2,9-13-10-22-16-6-4-3-5-15(13)16)23-11-14(26)12-27-17-7-8-21-18(24-17)25-20/h3-8,10,14,22-23,26H,9,11-12,20H2,1-2H3,(H,21,24,25). The number of aromatic nitrogens is 3. The van der Waals surface area contributed by atoms with Crippen molar-refractivity contribution in [1.29, 1.82) is 0 Å². The number of nitrogens with one attached hydrogen (secondary N) is 3. The average molecular weight is 370 g/mol. The Morgan fingerprint density at radius 1 is 1.30 bits per heavy atom. The first kappa shape index (κ1) is 19.1. The van der Waals surface area contributed by atoms with Crippen LogP contribution in [0.25, 0.3) is 10.9 Å². The number of aliphatic hydroxyl groups excluding tert-OH is 1. The molecule has 0 saturated carbocycles. The van der Waals surface area contributed by atoms with E-state index in [1.165, 1.54) is 17.1 Å². The van der Waals surface area contributed by atoms with Gasteiger partial charge in [0.05, 0.1) is 0 Å². The van der Waals surface area contributed by atoms with Gasteiger partial charge in [0, 0.05) is 41.4 Å². The number of nitrogens with zero attached hydrogens (tertiary/aromatic N) is 2. The maximum atomic E-state index is 10.2. The second-order valence-electron chi connectivity index (χ2n) is 7.13. The number of nitrogen functional groups attached to an aromatic ring is 1. The number of hydrazine groups is 1. The second-order valence-corrected chi connectivity index (χ2v) is 7.13. The summed E-state index contributed by atoms with van der Waals surface area (Å²) in [4.78, 5) is 11.3. The highest BCUT2D eigenvalue weighted by Crippen LogP contribution is 2.22. The van der Waals surface area contributed by atoms with Crippen molar-refractivity contribution in [2.75, 3.05) is 18.6 Å². The fourth-order valence-corrected chi connectivity index (χ4v) is 2.94. The molecule has 3 aromatic rings. The number of hydrogen-bond donors (Lipinski definition) is 5. The van der Waals surface area contributed by atoms with Crippen LogP contribution < -0.4 is 21.3 Å². The minimum Gasteiger partial charge on any atom is -0.475 e. The molecule has 3 rings (SSSR count). The van der Waals surface area contributed by atoms with Crippen molar-refractivity contribution in [3.63, 3.8) is 0 Å². The zero-order valence-corrected chi connectivity index (χ0v) is 15.6. The first-order valence-electron chi connectivity index (χ1n) is 8.87. The zero-order valence-electron chi connectivity index (χ0n) is 15.6. The summed E-state index contributed by atoms with van der Waals surface area (Å²) in [6.45, 7) is 4.76. The van der Waals surface area contributed by atoms with Gasteiger partial charge < -0.3 is 20.1 Å². The van der Waals surface area contributed by atoms with Gasteiger partial charge in [0.25, 0.3) is 0 Å². The van der Waals surface area contributed by atoms with Crippen LogP contribution in [-0.4, -0.2) is 44.9 Å². The number of ether oxygens (including phenoxy) is 1. The van der Waals surface area contributed by atoms with Crippen molar-refractivity contribution in [3.05, 3.63) is 48.3 Å². The molecule has 1 aromatic carbocycles. The fraction of sp³-hybridized carbons (Fsp3) is 0.368. The molecule has 0 spiro atoms. The molecular formula is C19H26N6O2. The van der Waals surface area contributed by atoms with E-state index in [2.05, 4.69) is 51.7 Å². The van der Waals surface area contributed by atoms with Crippen LogP contribution in [0.15, 0.2) is 42.7 Å². The Morgan fingerprint density at radius 3 is 2.93 bits per heavy atom. The lowest BCUT2D eigenvalue weighted by atomic mass is 9.94. The zero-order chi connectivity index (χ0) is 19.3. The van der Waals surface area contributed by atoms with Crippen LogP contribution in [-0.2, 0) is 6.42 Å². The third-order valence-electron chi connectivity index (χ3n) is 4.31. The van der Waals surface area contributed by atoms with Crippen molar-refractivity contribution in [2.45, 2.75) is 31.9 Å². The maximum Gasteiger partial charge on any atom is 0.240 e. The number of H-pyrrole nitrogens is 1. The first-order valence-corrected chi connectivity index (χ1v) is 8.87. The molecule has 0 saturated heterocycles. The van der Waals surface area contributed by atoms with E-state index in [0.29, 0.717) is 12.4 Å². The van der Waals surface area contributed by atoms with E-state index >= 15 is 0 Å². The molecule has 0 aliphatic rings. The van der Waals surface area contributed by atoms with Gasteiger partial charge >= 0.3 is 0 Å². The molecule has 8 nitrogen and oxygen atoms in total. The predicted molar refractivity (Wildman–Crippen MR) is 105 cm³/mol. The summed E-state index contributed by atoms with van der Waals surface area (Å²) in [5.74, 6) is 5.89.